The third-order valence-corrected chi connectivity index (χ3v) is 2.51. The maximum atomic E-state index is 9.13. The van der Waals surface area contributed by atoms with E-state index in [-0.39, 0.29) is 11.7 Å². The second-order valence-electron chi connectivity index (χ2n) is 3.55. The number of nitrogens with zero attached hydrogens (tertiary/aromatic N) is 2. The molecule has 5 heteroatoms. The predicted molar refractivity (Wildman–Crippen MR) is 53.0 cm³/mol. The molecule has 0 aliphatic carbocycles. The van der Waals surface area contributed by atoms with Crippen LogP contribution in [-0.2, 0) is 0 Å². The third kappa shape index (κ3) is 1.77. The van der Waals surface area contributed by atoms with E-state index in [0.717, 1.165) is 31.6 Å². The summed E-state index contributed by atoms with van der Waals surface area (Å²) >= 11 is 0. The Labute approximate surface area is 82.4 Å². The van der Waals surface area contributed by atoms with E-state index >= 15 is 0 Å². The van der Waals surface area contributed by atoms with Crippen LogP contribution >= 0.6 is 0 Å². The molecule has 1 saturated heterocycles. The van der Waals surface area contributed by atoms with E-state index in [1.807, 2.05) is 0 Å². The van der Waals surface area contributed by atoms with Gasteiger partial charge < -0.3 is 16.2 Å². The maximum Gasteiger partial charge on any atom is 0.254 e. The van der Waals surface area contributed by atoms with Crippen molar-refractivity contribution in [2.45, 2.75) is 18.8 Å². The summed E-state index contributed by atoms with van der Waals surface area (Å²) in [5, 5.41) is 12.4. The topological polar surface area (TPSA) is 84.1 Å². The molecule has 0 saturated carbocycles. The molecule has 14 heavy (non-hydrogen) atoms. The average molecular weight is 194 g/mol. The number of nitrogens with one attached hydrogen (secondary N) is 1. The van der Waals surface area contributed by atoms with Gasteiger partial charge in [0.15, 0.2) is 5.82 Å². The zero-order valence-electron chi connectivity index (χ0n) is 7.90. The first-order valence-electron chi connectivity index (χ1n) is 4.79. The zero-order valence-corrected chi connectivity index (χ0v) is 7.90. The molecule has 1 fully saturated rings. The van der Waals surface area contributed by atoms with Gasteiger partial charge in [-0.1, -0.05) is 0 Å². The summed E-state index contributed by atoms with van der Waals surface area (Å²) in [5.74, 6) is 0.310. The standard InChI is InChI=1S/C9H14N4O/c10-8-9(14)12-5-7(13-8)6-2-1-3-11-4-6/h5-6,11H,1-4H2,(H2,10,13)(H,12,14). The number of nitrogen functional groups attached to an aromatic ring is 1. The number of hydrogen-bond acceptors (Lipinski definition) is 5. The van der Waals surface area contributed by atoms with E-state index in [0.29, 0.717) is 5.92 Å². The second kappa shape index (κ2) is 3.79. The van der Waals surface area contributed by atoms with Crippen LogP contribution in [0.1, 0.15) is 24.5 Å². The largest absolute Gasteiger partial charge is 0.491 e. The summed E-state index contributed by atoms with van der Waals surface area (Å²) in [5.41, 5.74) is 6.35. The monoisotopic (exact) mass is 194 g/mol. The van der Waals surface area contributed by atoms with Crippen LogP contribution in [0.5, 0.6) is 5.88 Å². The van der Waals surface area contributed by atoms with Gasteiger partial charge in [0.05, 0.1) is 11.9 Å². The molecule has 2 rings (SSSR count). The molecule has 1 aliphatic heterocycles. The number of aromatic nitrogens is 2. The van der Waals surface area contributed by atoms with Gasteiger partial charge in [0, 0.05) is 12.5 Å². The van der Waals surface area contributed by atoms with Gasteiger partial charge in [0.1, 0.15) is 0 Å². The molecule has 1 aromatic heterocycles. The van der Waals surface area contributed by atoms with E-state index < -0.39 is 0 Å². The molecule has 0 aromatic carbocycles. The lowest BCUT2D eigenvalue weighted by atomic mass is 9.96. The molecule has 4 N–H and O–H groups in total. The summed E-state index contributed by atoms with van der Waals surface area (Å²) in [6.45, 7) is 1.98. The SMILES string of the molecule is Nc1nc(C2CCCNC2)cnc1O. The fourth-order valence-electron chi connectivity index (χ4n) is 1.71. The lowest BCUT2D eigenvalue weighted by molar-refractivity contribution is 0.439. The van der Waals surface area contributed by atoms with Crippen molar-refractivity contribution in [3.05, 3.63) is 11.9 Å². The van der Waals surface area contributed by atoms with Gasteiger partial charge in [-0.05, 0) is 19.4 Å². The Bertz CT molecular complexity index is 323. The molecule has 0 spiro atoms. The number of rotatable bonds is 1. The average Bonchev–Trinajstić information content (AvgIpc) is 2.23. The summed E-state index contributed by atoms with van der Waals surface area (Å²) < 4.78 is 0. The predicted octanol–water partition coefficient (Wildman–Crippen LogP) is 0.231. The van der Waals surface area contributed by atoms with E-state index in [9.17, 15) is 0 Å². The van der Waals surface area contributed by atoms with Crippen molar-refractivity contribution in [3.63, 3.8) is 0 Å². The highest BCUT2D eigenvalue weighted by atomic mass is 16.3. The highest BCUT2D eigenvalue weighted by Crippen LogP contribution is 2.23. The Morgan fingerprint density at radius 3 is 3.07 bits per heavy atom. The van der Waals surface area contributed by atoms with Crippen LogP contribution in [-0.4, -0.2) is 28.2 Å². The van der Waals surface area contributed by atoms with E-state index in [4.69, 9.17) is 10.8 Å². The van der Waals surface area contributed by atoms with Gasteiger partial charge in [-0.25, -0.2) is 9.97 Å². The fraction of sp³-hybridized carbons (Fsp3) is 0.556. The van der Waals surface area contributed by atoms with Crippen LogP contribution in [0.2, 0.25) is 0 Å². The van der Waals surface area contributed by atoms with Crippen LogP contribution in [0.4, 0.5) is 5.82 Å². The van der Waals surface area contributed by atoms with Crippen LogP contribution in [0.25, 0.3) is 0 Å². The van der Waals surface area contributed by atoms with Gasteiger partial charge in [-0.2, -0.15) is 0 Å². The number of piperidine rings is 1. The Kier molecular flexibility index (Phi) is 2.49. The Hall–Kier alpha value is -1.36. The van der Waals surface area contributed by atoms with Crippen LogP contribution < -0.4 is 11.1 Å². The van der Waals surface area contributed by atoms with Crippen LogP contribution in [0.3, 0.4) is 0 Å². The molecular weight excluding hydrogens is 180 g/mol. The molecule has 1 atom stereocenters. The van der Waals surface area contributed by atoms with E-state index in [2.05, 4.69) is 15.3 Å². The lowest BCUT2D eigenvalue weighted by Gasteiger charge is -2.21. The first kappa shape index (κ1) is 9.21. The summed E-state index contributed by atoms with van der Waals surface area (Å²) in [6, 6.07) is 0. The van der Waals surface area contributed by atoms with E-state index in [1.165, 1.54) is 0 Å². The van der Waals surface area contributed by atoms with Crippen LogP contribution in [0, 0.1) is 0 Å². The minimum Gasteiger partial charge on any atom is -0.491 e. The molecule has 1 aromatic rings. The van der Waals surface area contributed by atoms with E-state index in [1.54, 1.807) is 6.20 Å². The van der Waals surface area contributed by atoms with Crippen molar-refractivity contribution in [1.82, 2.24) is 15.3 Å². The third-order valence-electron chi connectivity index (χ3n) is 2.51. The molecule has 1 aliphatic rings. The number of anilines is 1. The smallest absolute Gasteiger partial charge is 0.254 e. The summed E-state index contributed by atoms with van der Waals surface area (Å²) in [4.78, 5) is 7.92. The van der Waals surface area contributed by atoms with Crippen molar-refractivity contribution in [1.29, 1.82) is 0 Å². The van der Waals surface area contributed by atoms with Crippen LogP contribution in [0.15, 0.2) is 6.20 Å². The maximum absolute atomic E-state index is 9.13. The molecular formula is C9H14N4O. The molecule has 0 amide bonds. The zero-order chi connectivity index (χ0) is 9.97. The number of hydrogen-bond donors (Lipinski definition) is 3. The first-order chi connectivity index (χ1) is 6.77. The Balaban J connectivity index is 2.18. The van der Waals surface area contributed by atoms with Crippen molar-refractivity contribution >= 4 is 5.82 Å². The number of aromatic hydroxyl groups is 1. The minimum absolute atomic E-state index is 0.119. The van der Waals surface area contributed by atoms with Crippen molar-refractivity contribution in [2.24, 2.45) is 0 Å². The van der Waals surface area contributed by atoms with Crippen molar-refractivity contribution in [3.8, 4) is 5.88 Å². The second-order valence-corrected chi connectivity index (χ2v) is 3.55. The van der Waals surface area contributed by atoms with Crippen molar-refractivity contribution in [2.75, 3.05) is 18.8 Å². The quantitative estimate of drug-likeness (QED) is 0.596. The highest BCUT2D eigenvalue weighted by Gasteiger charge is 2.17. The lowest BCUT2D eigenvalue weighted by Crippen LogP contribution is -2.29. The normalized spacial score (nSPS) is 22.1. The molecule has 5 nitrogen and oxygen atoms in total. The van der Waals surface area contributed by atoms with Gasteiger partial charge in [-0.3, -0.25) is 0 Å². The molecule has 1 unspecified atom stereocenters. The van der Waals surface area contributed by atoms with Gasteiger partial charge >= 0.3 is 0 Å². The molecule has 0 radical (unpaired) electrons. The summed E-state index contributed by atoms with van der Waals surface area (Å²) in [7, 11) is 0. The van der Waals surface area contributed by atoms with Crippen molar-refractivity contribution < 1.29 is 5.11 Å². The van der Waals surface area contributed by atoms with Gasteiger partial charge in [0.2, 0.25) is 0 Å². The summed E-state index contributed by atoms with van der Waals surface area (Å²) in [6.07, 6.45) is 3.85. The molecule has 76 valence electrons. The Morgan fingerprint density at radius 1 is 1.57 bits per heavy atom. The minimum atomic E-state index is -0.183. The Morgan fingerprint density at radius 2 is 2.43 bits per heavy atom. The highest BCUT2D eigenvalue weighted by molar-refractivity contribution is 5.39. The van der Waals surface area contributed by atoms with Gasteiger partial charge in [-0.15, -0.1) is 0 Å². The molecule has 0 bridgehead atoms. The van der Waals surface area contributed by atoms with Gasteiger partial charge in [0.25, 0.3) is 5.88 Å². The fourth-order valence-corrected chi connectivity index (χ4v) is 1.71. The number of nitrogens with two attached hydrogens (primary N) is 1. The molecule has 2 heterocycles. The first-order valence-corrected chi connectivity index (χ1v) is 4.79.